The summed E-state index contributed by atoms with van der Waals surface area (Å²) in [4.78, 5) is 0. The highest BCUT2D eigenvalue weighted by Crippen LogP contribution is 2.29. The Morgan fingerprint density at radius 1 is 1.38 bits per heavy atom. The number of hydrogen-bond acceptors (Lipinski definition) is 2. The number of hydrazine groups is 1. The van der Waals surface area contributed by atoms with E-state index >= 15 is 0 Å². The second-order valence-corrected chi connectivity index (χ2v) is 5.68. The van der Waals surface area contributed by atoms with Crippen molar-refractivity contribution in [1.29, 1.82) is 0 Å². The zero-order valence-electron chi connectivity index (χ0n) is 9.63. The molecule has 1 rings (SSSR count). The molecule has 0 spiro atoms. The molecule has 1 unspecified atom stereocenters. The number of benzene rings is 1. The highest BCUT2D eigenvalue weighted by atomic mass is 79.9. The largest absolute Gasteiger partial charge is 0.271 e. The minimum atomic E-state index is 0.128. The molecule has 0 aromatic heterocycles. The van der Waals surface area contributed by atoms with E-state index in [-0.39, 0.29) is 6.04 Å². The van der Waals surface area contributed by atoms with Gasteiger partial charge in [-0.2, -0.15) is 0 Å². The summed E-state index contributed by atoms with van der Waals surface area (Å²) in [6, 6.07) is 6.03. The fraction of sp³-hybridized carbons (Fsp3) is 0.500. The first-order chi connectivity index (χ1) is 7.54. The molecule has 3 N–H and O–H groups in total. The van der Waals surface area contributed by atoms with Crippen LogP contribution in [0.15, 0.2) is 22.7 Å². The highest BCUT2D eigenvalue weighted by Gasteiger charge is 2.13. The topological polar surface area (TPSA) is 38.0 Å². The first-order valence-corrected chi connectivity index (χ1v) is 6.62. The van der Waals surface area contributed by atoms with E-state index in [0.29, 0.717) is 5.92 Å². The van der Waals surface area contributed by atoms with E-state index < -0.39 is 0 Å². The first-order valence-electron chi connectivity index (χ1n) is 5.45. The predicted octanol–water partition coefficient (Wildman–Crippen LogP) is 4.04. The molecule has 90 valence electrons. The molecule has 0 aliphatic carbocycles. The molecule has 4 heteroatoms. The van der Waals surface area contributed by atoms with Crippen molar-refractivity contribution in [3.8, 4) is 0 Å². The van der Waals surface area contributed by atoms with Crippen LogP contribution >= 0.6 is 27.5 Å². The van der Waals surface area contributed by atoms with Gasteiger partial charge in [0, 0.05) is 15.5 Å². The molecule has 0 amide bonds. The van der Waals surface area contributed by atoms with Crippen LogP contribution < -0.4 is 11.3 Å². The van der Waals surface area contributed by atoms with Crippen molar-refractivity contribution in [2.45, 2.75) is 32.7 Å². The summed E-state index contributed by atoms with van der Waals surface area (Å²) in [6.07, 6.45) is 2.12. The standard InChI is InChI=1S/C12H18BrClN2/c1-8(2)3-6-12(16-15)10-5-4-9(13)7-11(10)14/h4-5,7-8,12,16H,3,6,15H2,1-2H3. The average Bonchev–Trinajstić information content (AvgIpc) is 2.21. The lowest BCUT2D eigenvalue weighted by Crippen LogP contribution is -2.28. The van der Waals surface area contributed by atoms with Crippen molar-refractivity contribution in [1.82, 2.24) is 5.43 Å². The van der Waals surface area contributed by atoms with Gasteiger partial charge in [0.15, 0.2) is 0 Å². The van der Waals surface area contributed by atoms with Crippen molar-refractivity contribution < 1.29 is 0 Å². The Kier molecular flexibility index (Phi) is 5.76. The smallest absolute Gasteiger partial charge is 0.0474 e. The van der Waals surface area contributed by atoms with E-state index in [0.717, 1.165) is 27.9 Å². The van der Waals surface area contributed by atoms with Gasteiger partial charge in [0.2, 0.25) is 0 Å². The molecule has 0 bridgehead atoms. The number of rotatable bonds is 5. The Hall–Kier alpha value is -0.0900. The van der Waals surface area contributed by atoms with E-state index in [1.807, 2.05) is 18.2 Å². The van der Waals surface area contributed by atoms with Gasteiger partial charge in [-0.1, -0.05) is 47.4 Å². The normalized spacial score (nSPS) is 13.1. The molecule has 1 aromatic rings. The van der Waals surface area contributed by atoms with E-state index in [1.54, 1.807) is 0 Å². The van der Waals surface area contributed by atoms with Gasteiger partial charge in [-0.15, -0.1) is 0 Å². The van der Waals surface area contributed by atoms with E-state index in [9.17, 15) is 0 Å². The quantitative estimate of drug-likeness (QED) is 0.636. The molecule has 16 heavy (non-hydrogen) atoms. The van der Waals surface area contributed by atoms with Crippen LogP contribution in [0.4, 0.5) is 0 Å². The summed E-state index contributed by atoms with van der Waals surface area (Å²) in [5.41, 5.74) is 3.90. The van der Waals surface area contributed by atoms with E-state index in [1.165, 1.54) is 0 Å². The second-order valence-electron chi connectivity index (χ2n) is 4.36. The van der Waals surface area contributed by atoms with Gasteiger partial charge in [0.25, 0.3) is 0 Å². The zero-order chi connectivity index (χ0) is 12.1. The summed E-state index contributed by atoms with van der Waals surface area (Å²) in [5.74, 6) is 6.25. The molecular formula is C12H18BrClN2. The van der Waals surface area contributed by atoms with Crippen LogP contribution in [0.2, 0.25) is 5.02 Å². The Labute approximate surface area is 111 Å². The summed E-state index contributed by atoms with van der Waals surface area (Å²) in [7, 11) is 0. The maximum absolute atomic E-state index is 6.19. The third-order valence-electron chi connectivity index (χ3n) is 2.57. The minimum Gasteiger partial charge on any atom is -0.271 e. The molecule has 0 aliphatic heterocycles. The minimum absolute atomic E-state index is 0.128. The molecule has 0 saturated carbocycles. The van der Waals surface area contributed by atoms with Crippen LogP contribution in [-0.4, -0.2) is 0 Å². The van der Waals surface area contributed by atoms with Crippen molar-refractivity contribution in [3.63, 3.8) is 0 Å². The summed E-state index contributed by atoms with van der Waals surface area (Å²) in [5, 5.41) is 0.751. The third-order valence-corrected chi connectivity index (χ3v) is 3.39. The Morgan fingerprint density at radius 3 is 2.56 bits per heavy atom. The molecule has 0 radical (unpaired) electrons. The van der Waals surface area contributed by atoms with Crippen LogP contribution in [-0.2, 0) is 0 Å². The lowest BCUT2D eigenvalue weighted by atomic mass is 9.98. The molecule has 1 atom stereocenters. The van der Waals surface area contributed by atoms with Crippen LogP contribution in [0.3, 0.4) is 0 Å². The van der Waals surface area contributed by atoms with Gasteiger partial charge in [0.05, 0.1) is 0 Å². The number of nitrogens with two attached hydrogens (primary N) is 1. The SMILES string of the molecule is CC(C)CCC(NN)c1ccc(Br)cc1Cl. The second kappa shape index (κ2) is 6.60. The maximum atomic E-state index is 6.19. The van der Waals surface area contributed by atoms with Gasteiger partial charge < -0.3 is 0 Å². The van der Waals surface area contributed by atoms with E-state index in [2.05, 4.69) is 35.2 Å². The Bertz CT molecular complexity index is 342. The molecule has 0 fully saturated rings. The van der Waals surface area contributed by atoms with Crippen LogP contribution in [0.1, 0.15) is 38.3 Å². The summed E-state index contributed by atoms with van der Waals surface area (Å²) in [6.45, 7) is 4.41. The summed E-state index contributed by atoms with van der Waals surface area (Å²) < 4.78 is 0.987. The molecule has 0 heterocycles. The van der Waals surface area contributed by atoms with Crippen LogP contribution in [0, 0.1) is 5.92 Å². The van der Waals surface area contributed by atoms with Crippen molar-refractivity contribution >= 4 is 27.5 Å². The van der Waals surface area contributed by atoms with Gasteiger partial charge >= 0.3 is 0 Å². The van der Waals surface area contributed by atoms with Crippen molar-refractivity contribution in [2.24, 2.45) is 11.8 Å². The predicted molar refractivity (Wildman–Crippen MR) is 73.3 cm³/mol. The van der Waals surface area contributed by atoms with Gasteiger partial charge in [-0.3, -0.25) is 11.3 Å². The Morgan fingerprint density at radius 2 is 2.06 bits per heavy atom. The first kappa shape index (κ1) is 14.0. The molecular weight excluding hydrogens is 288 g/mol. The monoisotopic (exact) mass is 304 g/mol. The highest BCUT2D eigenvalue weighted by molar-refractivity contribution is 9.10. The molecule has 0 saturated heterocycles. The van der Waals surface area contributed by atoms with Gasteiger partial charge in [0.1, 0.15) is 0 Å². The number of halogens is 2. The van der Waals surface area contributed by atoms with Crippen molar-refractivity contribution in [3.05, 3.63) is 33.3 Å². The fourth-order valence-electron chi connectivity index (χ4n) is 1.61. The summed E-state index contributed by atoms with van der Waals surface area (Å²) >= 11 is 9.59. The van der Waals surface area contributed by atoms with Crippen LogP contribution in [0.5, 0.6) is 0 Å². The lowest BCUT2D eigenvalue weighted by molar-refractivity contribution is 0.448. The fourth-order valence-corrected chi connectivity index (χ4v) is 2.42. The molecule has 2 nitrogen and oxygen atoms in total. The maximum Gasteiger partial charge on any atom is 0.0474 e. The lowest BCUT2D eigenvalue weighted by Gasteiger charge is -2.18. The van der Waals surface area contributed by atoms with Gasteiger partial charge in [-0.05, 0) is 36.5 Å². The number of nitrogens with one attached hydrogen (secondary N) is 1. The molecule has 0 aliphatic rings. The van der Waals surface area contributed by atoms with Crippen LogP contribution in [0.25, 0.3) is 0 Å². The zero-order valence-corrected chi connectivity index (χ0v) is 12.0. The van der Waals surface area contributed by atoms with Crippen molar-refractivity contribution in [2.75, 3.05) is 0 Å². The van der Waals surface area contributed by atoms with Gasteiger partial charge in [-0.25, -0.2) is 0 Å². The van der Waals surface area contributed by atoms with E-state index in [4.69, 9.17) is 17.4 Å². The molecule has 1 aromatic carbocycles. The number of hydrogen-bond donors (Lipinski definition) is 2. The third kappa shape index (κ3) is 4.06. The Balaban J connectivity index is 2.78. The average molecular weight is 306 g/mol.